The second-order valence-corrected chi connectivity index (χ2v) is 6.67. The maximum absolute atomic E-state index is 13.1. The van der Waals surface area contributed by atoms with Gasteiger partial charge in [-0.2, -0.15) is 0 Å². The molecule has 0 N–H and O–H groups in total. The molecule has 2 aliphatic rings. The van der Waals surface area contributed by atoms with Crippen molar-refractivity contribution in [2.75, 3.05) is 20.3 Å². The number of ether oxygens (including phenoxy) is 3. The molecule has 1 aliphatic heterocycles. The third-order valence-corrected chi connectivity index (χ3v) is 5.18. The zero-order valence-electron chi connectivity index (χ0n) is 16.7. The predicted octanol–water partition coefficient (Wildman–Crippen LogP) is 1.12. The fraction of sp³-hybridized carbons (Fsp3) is 0.381. The average Bonchev–Trinajstić information content (AvgIpc) is 3.33. The van der Waals surface area contributed by atoms with Gasteiger partial charge in [0.2, 0.25) is 0 Å². The van der Waals surface area contributed by atoms with E-state index >= 15 is 0 Å². The molecule has 30 heavy (non-hydrogen) atoms. The Morgan fingerprint density at radius 3 is 2.10 bits per heavy atom. The summed E-state index contributed by atoms with van der Waals surface area (Å²) in [6.45, 7) is 3.38. The van der Waals surface area contributed by atoms with Gasteiger partial charge in [-0.3, -0.25) is 19.3 Å². The number of rotatable bonds is 7. The number of nitrogens with zero attached hydrogens (tertiary/aromatic N) is 1. The number of benzene rings is 1. The van der Waals surface area contributed by atoms with E-state index in [-0.39, 0.29) is 24.3 Å². The first-order valence-electron chi connectivity index (χ1n) is 9.44. The van der Waals surface area contributed by atoms with Crippen molar-refractivity contribution in [3.05, 3.63) is 47.5 Å². The van der Waals surface area contributed by atoms with Crippen molar-refractivity contribution >= 4 is 29.7 Å². The Labute approximate surface area is 172 Å². The average molecular weight is 415 g/mol. The van der Waals surface area contributed by atoms with Gasteiger partial charge in [-0.1, -0.05) is 18.2 Å². The van der Waals surface area contributed by atoms with Crippen LogP contribution >= 0.6 is 0 Å². The molecule has 1 fully saturated rings. The van der Waals surface area contributed by atoms with Crippen molar-refractivity contribution < 1.29 is 38.2 Å². The van der Waals surface area contributed by atoms with Gasteiger partial charge in [-0.05, 0) is 26.0 Å². The number of amides is 2. The molecule has 9 nitrogen and oxygen atoms in total. The van der Waals surface area contributed by atoms with Crippen LogP contribution in [0.15, 0.2) is 36.4 Å². The Bertz CT molecular complexity index is 917. The van der Waals surface area contributed by atoms with E-state index in [1.165, 1.54) is 18.2 Å². The van der Waals surface area contributed by atoms with E-state index < -0.39 is 47.1 Å². The van der Waals surface area contributed by atoms with E-state index in [1.54, 1.807) is 26.0 Å². The summed E-state index contributed by atoms with van der Waals surface area (Å²) in [6, 6.07) is 6.11. The van der Waals surface area contributed by atoms with Crippen LogP contribution in [-0.4, -0.2) is 60.5 Å². The standard InChI is InChI=1S/C21H21NO8/c1-4-29-15(23)11-10-14-16(19(26)30-5-2)21(14,20(27)28-3)22-17(24)12-8-6-7-9-13(12)18(22)25/h6-11,14,16H,4-5H2,1-3H3/b11-10-/t14-,16-,21+/m0/s1. The zero-order valence-corrected chi connectivity index (χ0v) is 16.7. The molecule has 0 bridgehead atoms. The molecule has 0 radical (unpaired) electrons. The first kappa shape index (κ1) is 21.2. The zero-order chi connectivity index (χ0) is 22.1. The van der Waals surface area contributed by atoms with Crippen molar-refractivity contribution in [1.82, 2.24) is 4.90 Å². The summed E-state index contributed by atoms with van der Waals surface area (Å²) < 4.78 is 14.8. The number of fused-ring (bicyclic) bond motifs is 1. The lowest BCUT2D eigenvalue weighted by atomic mass is 10.1. The minimum absolute atomic E-state index is 0.0308. The molecule has 0 unspecified atom stereocenters. The van der Waals surface area contributed by atoms with Crippen LogP contribution in [0.3, 0.4) is 0 Å². The summed E-state index contributed by atoms with van der Waals surface area (Å²) in [5, 5.41) is 0. The summed E-state index contributed by atoms with van der Waals surface area (Å²) in [6.07, 6.45) is 2.34. The van der Waals surface area contributed by atoms with Crippen molar-refractivity contribution in [1.29, 1.82) is 0 Å². The van der Waals surface area contributed by atoms with Gasteiger partial charge >= 0.3 is 17.9 Å². The van der Waals surface area contributed by atoms with Crippen molar-refractivity contribution in [3.63, 3.8) is 0 Å². The van der Waals surface area contributed by atoms with Crippen LogP contribution in [-0.2, 0) is 28.6 Å². The van der Waals surface area contributed by atoms with Crippen LogP contribution in [0.1, 0.15) is 34.6 Å². The Hall–Kier alpha value is -3.49. The lowest BCUT2D eigenvalue weighted by molar-refractivity contribution is -0.153. The van der Waals surface area contributed by atoms with Gasteiger partial charge in [0.1, 0.15) is 5.92 Å². The van der Waals surface area contributed by atoms with Gasteiger partial charge in [-0.25, -0.2) is 9.59 Å². The molecule has 0 spiro atoms. The summed E-state index contributed by atoms with van der Waals surface area (Å²) >= 11 is 0. The quantitative estimate of drug-likeness (QED) is 0.282. The highest BCUT2D eigenvalue weighted by Gasteiger charge is 2.79. The van der Waals surface area contributed by atoms with E-state index in [2.05, 4.69) is 0 Å². The van der Waals surface area contributed by atoms with Crippen molar-refractivity contribution in [2.24, 2.45) is 11.8 Å². The summed E-state index contributed by atoms with van der Waals surface area (Å²) in [4.78, 5) is 64.2. The number of hydrogen-bond donors (Lipinski definition) is 0. The number of esters is 3. The first-order valence-corrected chi connectivity index (χ1v) is 9.44. The molecule has 9 heteroatoms. The SMILES string of the molecule is CCOC(=O)/C=C\[C@H]1[C@@H](C(=O)OCC)[C@]1(C(=O)OC)N1C(=O)c2ccccc2C1=O. The first-order chi connectivity index (χ1) is 14.4. The van der Waals surface area contributed by atoms with Gasteiger partial charge in [-0.15, -0.1) is 0 Å². The molecule has 3 atom stereocenters. The Kier molecular flexibility index (Phi) is 5.73. The largest absolute Gasteiger partial charge is 0.467 e. The van der Waals surface area contributed by atoms with Crippen LogP contribution in [0.25, 0.3) is 0 Å². The van der Waals surface area contributed by atoms with Gasteiger partial charge in [0.05, 0.1) is 31.5 Å². The van der Waals surface area contributed by atoms with Crippen LogP contribution in [0, 0.1) is 11.8 Å². The molecule has 1 aromatic carbocycles. The van der Waals surface area contributed by atoms with Gasteiger partial charge in [0.15, 0.2) is 5.54 Å². The summed E-state index contributed by atoms with van der Waals surface area (Å²) in [7, 11) is 1.09. The minimum Gasteiger partial charge on any atom is -0.467 e. The smallest absolute Gasteiger partial charge is 0.333 e. The fourth-order valence-electron chi connectivity index (χ4n) is 3.92. The van der Waals surface area contributed by atoms with Crippen LogP contribution in [0.2, 0.25) is 0 Å². The van der Waals surface area contributed by atoms with E-state index in [4.69, 9.17) is 14.2 Å². The monoisotopic (exact) mass is 415 g/mol. The number of carbonyl (C=O) groups is 5. The normalized spacial score (nSPS) is 24.6. The molecule has 1 aliphatic carbocycles. The van der Waals surface area contributed by atoms with E-state index in [1.807, 2.05) is 0 Å². The Morgan fingerprint density at radius 1 is 1.03 bits per heavy atom. The van der Waals surface area contributed by atoms with E-state index in [0.717, 1.165) is 18.1 Å². The molecule has 0 aromatic heterocycles. The maximum Gasteiger partial charge on any atom is 0.333 e. The summed E-state index contributed by atoms with van der Waals surface area (Å²) in [5.41, 5.74) is -1.71. The van der Waals surface area contributed by atoms with Crippen molar-refractivity contribution in [3.8, 4) is 0 Å². The highest BCUT2D eigenvalue weighted by atomic mass is 16.5. The van der Waals surface area contributed by atoms with Gasteiger partial charge in [0, 0.05) is 12.0 Å². The highest BCUT2D eigenvalue weighted by molar-refractivity contribution is 6.24. The van der Waals surface area contributed by atoms with Crippen LogP contribution in [0.4, 0.5) is 0 Å². The molecule has 3 rings (SSSR count). The van der Waals surface area contributed by atoms with E-state index in [9.17, 15) is 24.0 Å². The number of methoxy groups -OCH3 is 1. The van der Waals surface area contributed by atoms with Crippen LogP contribution in [0.5, 0.6) is 0 Å². The minimum atomic E-state index is -1.95. The number of carbonyl (C=O) groups excluding carboxylic acids is 5. The van der Waals surface area contributed by atoms with Crippen LogP contribution < -0.4 is 0 Å². The number of imide groups is 1. The van der Waals surface area contributed by atoms with Crippen molar-refractivity contribution in [2.45, 2.75) is 19.4 Å². The lowest BCUT2D eigenvalue weighted by Gasteiger charge is -2.25. The van der Waals surface area contributed by atoms with Gasteiger partial charge in [0.25, 0.3) is 11.8 Å². The topological polar surface area (TPSA) is 116 Å². The maximum atomic E-state index is 13.1. The fourth-order valence-corrected chi connectivity index (χ4v) is 3.92. The third kappa shape index (κ3) is 3.06. The molecule has 0 saturated heterocycles. The Morgan fingerprint density at radius 2 is 1.60 bits per heavy atom. The number of hydrogen-bond acceptors (Lipinski definition) is 8. The second-order valence-electron chi connectivity index (χ2n) is 6.67. The molecular formula is C21H21NO8. The molecule has 1 aromatic rings. The molecule has 2 amide bonds. The third-order valence-electron chi connectivity index (χ3n) is 5.18. The summed E-state index contributed by atoms with van der Waals surface area (Å²) in [5.74, 6) is -6.07. The molecule has 158 valence electrons. The van der Waals surface area contributed by atoms with E-state index in [0.29, 0.717) is 0 Å². The highest BCUT2D eigenvalue weighted by Crippen LogP contribution is 2.59. The lowest BCUT2D eigenvalue weighted by Crippen LogP contribution is -2.51. The molecular weight excluding hydrogens is 394 g/mol. The molecule has 1 heterocycles. The second kappa shape index (κ2) is 8.10. The molecule has 1 saturated carbocycles. The Balaban J connectivity index is 2.09. The van der Waals surface area contributed by atoms with Gasteiger partial charge < -0.3 is 14.2 Å². The predicted molar refractivity (Wildman–Crippen MR) is 101 cm³/mol.